The second-order valence-electron chi connectivity index (χ2n) is 7.73. The highest BCUT2D eigenvalue weighted by Crippen LogP contribution is 2.32. The molecular formula is C20H31N5O. The molecule has 0 spiro atoms. The molecule has 0 unspecified atom stereocenters. The highest BCUT2D eigenvalue weighted by Gasteiger charge is 2.27. The molecule has 1 saturated heterocycles. The number of carbonyl (C=O) groups excluding carboxylic acids is 1. The van der Waals surface area contributed by atoms with Crippen LogP contribution in [0.4, 0.5) is 0 Å². The third-order valence-corrected chi connectivity index (χ3v) is 5.20. The van der Waals surface area contributed by atoms with Crippen molar-refractivity contribution in [3.05, 3.63) is 41.5 Å². The fourth-order valence-electron chi connectivity index (χ4n) is 3.93. The van der Waals surface area contributed by atoms with Crippen LogP contribution in [0.2, 0.25) is 0 Å². The maximum absolute atomic E-state index is 12.0. The number of hydrogen-bond donors (Lipinski definition) is 1. The van der Waals surface area contributed by atoms with E-state index in [0.29, 0.717) is 12.0 Å². The van der Waals surface area contributed by atoms with Gasteiger partial charge >= 0.3 is 0 Å². The molecule has 26 heavy (non-hydrogen) atoms. The minimum Gasteiger partial charge on any atom is -0.354 e. The Morgan fingerprint density at radius 2 is 2.15 bits per heavy atom. The van der Waals surface area contributed by atoms with Gasteiger partial charge in [0.15, 0.2) is 0 Å². The Balaban J connectivity index is 1.77. The summed E-state index contributed by atoms with van der Waals surface area (Å²) in [6.07, 6.45) is 7.75. The van der Waals surface area contributed by atoms with E-state index in [0.717, 1.165) is 31.7 Å². The molecule has 2 aromatic heterocycles. The predicted octanol–water partition coefficient (Wildman–Crippen LogP) is 2.96. The molecule has 6 nitrogen and oxygen atoms in total. The molecule has 1 fully saturated rings. The number of amides is 1. The van der Waals surface area contributed by atoms with Gasteiger partial charge in [-0.25, -0.2) is 0 Å². The Morgan fingerprint density at radius 1 is 1.35 bits per heavy atom. The number of hydrogen-bond acceptors (Lipinski definition) is 3. The Hall–Kier alpha value is -2.08. The molecule has 0 saturated carbocycles. The predicted molar refractivity (Wildman–Crippen MR) is 103 cm³/mol. The molecule has 0 bridgehead atoms. The van der Waals surface area contributed by atoms with Gasteiger partial charge in [0.1, 0.15) is 5.69 Å². The summed E-state index contributed by atoms with van der Waals surface area (Å²) in [4.78, 5) is 14.6. The van der Waals surface area contributed by atoms with Crippen molar-refractivity contribution < 1.29 is 4.79 Å². The molecule has 6 heteroatoms. The summed E-state index contributed by atoms with van der Waals surface area (Å²) in [5, 5.41) is 7.23. The van der Waals surface area contributed by atoms with E-state index in [1.54, 1.807) is 7.05 Å². The van der Waals surface area contributed by atoms with Gasteiger partial charge in [-0.1, -0.05) is 20.3 Å². The first-order valence-electron chi connectivity index (χ1n) is 9.62. The van der Waals surface area contributed by atoms with Crippen molar-refractivity contribution in [2.75, 3.05) is 13.6 Å². The van der Waals surface area contributed by atoms with Crippen LogP contribution < -0.4 is 5.32 Å². The Labute approximate surface area is 156 Å². The van der Waals surface area contributed by atoms with Crippen LogP contribution in [-0.4, -0.2) is 38.7 Å². The standard InChI is InChI=1S/C20H31N5O/c1-15(2)12-25-14-16(11-22-25)13-24-10-6-5-7-18(24)17-8-9-19(23(17)4)20(26)21-3/h8-9,11,14-15,18H,5-7,10,12-13H2,1-4H3,(H,21,26)/t18-/m0/s1. The summed E-state index contributed by atoms with van der Waals surface area (Å²) >= 11 is 0. The molecule has 142 valence electrons. The molecule has 0 aromatic carbocycles. The quantitative estimate of drug-likeness (QED) is 0.865. The first kappa shape index (κ1) is 18.7. The lowest BCUT2D eigenvalue weighted by molar-refractivity contribution is 0.0952. The maximum Gasteiger partial charge on any atom is 0.267 e. The highest BCUT2D eigenvalue weighted by atomic mass is 16.1. The Morgan fingerprint density at radius 3 is 2.88 bits per heavy atom. The zero-order valence-electron chi connectivity index (χ0n) is 16.4. The van der Waals surface area contributed by atoms with Crippen LogP contribution in [0.1, 0.15) is 60.9 Å². The van der Waals surface area contributed by atoms with E-state index < -0.39 is 0 Å². The van der Waals surface area contributed by atoms with Crippen LogP contribution >= 0.6 is 0 Å². The fourth-order valence-corrected chi connectivity index (χ4v) is 3.93. The third-order valence-electron chi connectivity index (χ3n) is 5.20. The van der Waals surface area contributed by atoms with Crippen LogP contribution in [0.25, 0.3) is 0 Å². The van der Waals surface area contributed by atoms with Crippen molar-refractivity contribution in [2.24, 2.45) is 13.0 Å². The van der Waals surface area contributed by atoms with Crippen LogP contribution in [0.5, 0.6) is 0 Å². The lowest BCUT2D eigenvalue weighted by Gasteiger charge is -2.36. The van der Waals surface area contributed by atoms with Crippen molar-refractivity contribution in [3.8, 4) is 0 Å². The maximum atomic E-state index is 12.0. The van der Waals surface area contributed by atoms with E-state index in [-0.39, 0.29) is 5.91 Å². The summed E-state index contributed by atoms with van der Waals surface area (Å²) in [5.74, 6) is 0.563. The van der Waals surface area contributed by atoms with Gasteiger partial charge in [-0.2, -0.15) is 5.10 Å². The van der Waals surface area contributed by atoms with Crippen LogP contribution in [-0.2, 0) is 20.1 Å². The average Bonchev–Trinajstić information content (AvgIpc) is 3.21. The minimum absolute atomic E-state index is 0.0314. The van der Waals surface area contributed by atoms with Gasteiger partial charge in [0.05, 0.1) is 12.2 Å². The summed E-state index contributed by atoms with van der Waals surface area (Å²) < 4.78 is 4.09. The molecule has 1 atom stereocenters. The van der Waals surface area contributed by atoms with Gasteiger partial charge in [0.25, 0.3) is 5.91 Å². The van der Waals surface area contributed by atoms with Crippen molar-refractivity contribution >= 4 is 5.91 Å². The highest BCUT2D eigenvalue weighted by molar-refractivity contribution is 5.92. The van der Waals surface area contributed by atoms with E-state index in [1.165, 1.54) is 24.1 Å². The summed E-state index contributed by atoms with van der Waals surface area (Å²) in [5.41, 5.74) is 3.20. The molecule has 3 heterocycles. The molecule has 3 rings (SSSR count). The zero-order chi connectivity index (χ0) is 18.7. The number of piperidine rings is 1. The summed E-state index contributed by atoms with van der Waals surface area (Å²) in [6.45, 7) is 7.36. The number of nitrogens with zero attached hydrogens (tertiary/aromatic N) is 4. The normalized spacial score (nSPS) is 18.4. The van der Waals surface area contributed by atoms with Gasteiger partial charge in [-0.15, -0.1) is 0 Å². The molecule has 0 radical (unpaired) electrons. The van der Waals surface area contributed by atoms with Crippen molar-refractivity contribution in [2.45, 2.75) is 52.2 Å². The number of carbonyl (C=O) groups is 1. The van der Waals surface area contributed by atoms with Crippen LogP contribution in [0.15, 0.2) is 24.5 Å². The monoisotopic (exact) mass is 357 g/mol. The van der Waals surface area contributed by atoms with Gasteiger partial charge in [0.2, 0.25) is 0 Å². The minimum atomic E-state index is -0.0314. The Kier molecular flexibility index (Phi) is 5.81. The molecule has 1 aliphatic heterocycles. The van der Waals surface area contributed by atoms with Crippen molar-refractivity contribution in [3.63, 3.8) is 0 Å². The third kappa shape index (κ3) is 4.01. The summed E-state index contributed by atoms with van der Waals surface area (Å²) in [7, 11) is 3.67. The first-order valence-corrected chi connectivity index (χ1v) is 9.62. The van der Waals surface area contributed by atoms with Crippen LogP contribution in [0, 0.1) is 5.92 Å². The smallest absolute Gasteiger partial charge is 0.267 e. The molecule has 1 aliphatic rings. The van der Waals surface area contributed by atoms with E-state index in [9.17, 15) is 4.79 Å². The second kappa shape index (κ2) is 8.08. The van der Waals surface area contributed by atoms with E-state index in [1.807, 2.05) is 28.6 Å². The van der Waals surface area contributed by atoms with Gasteiger partial charge in [0, 0.05) is 44.6 Å². The number of aromatic nitrogens is 3. The lowest BCUT2D eigenvalue weighted by atomic mass is 9.99. The molecule has 2 aromatic rings. The van der Waals surface area contributed by atoms with E-state index in [4.69, 9.17) is 0 Å². The molecular weight excluding hydrogens is 326 g/mol. The van der Waals surface area contributed by atoms with Crippen molar-refractivity contribution in [1.29, 1.82) is 0 Å². The lowest BCUT2D eigenvalue weighted by Crippen LogP contribution is -2.34. The number of rotatable bonds is 6. The second-order valence-corrected chi connectivity index (χ2v) is 7.73. The SMILES string of the molecule is CNC(=O)c1ccc([C@@H]2CCCCN2Cc2cnn(CC(C)C)c2)n1C. The topological polar surface area (TPSA) is 55.1 Å². The molecule has 0 aliphatic carbocycles. The largest absolute Gasteiger partial charge is 0.354 e. The first-order chi connectivity index (χ1) is 12.5. The summed E-state index contributed by atoms with van der Waals surface area (Å²) in [6, 6.07) is 4.39. The number of nitrogens with one attached hydrogen (secondary N) is 1. The van der Waals surface area contributed by atoms with E-state index in [2.05, 4.69) is 41.4 Å². The average molecular weight is 358 g/mol. The molecule has 1 amide bonds. The molecule has 1 N–H and O–H groups in total. The van der Waals surface area contributed by atoms with Gasteiger partial charge < -0.3 is 9.88 Å². The number of likely N-dealkylation sites (tertiary alicyclic amines) is 1. The van der Waals surface area contributed by atoms with Crippen LogP contribution in [0.3, 0.4) is 0 Å². The zero-order valence-corrected chi connectivity index (χ0v) is 16.4. The van der Waals surface area contributed by atoms with Gasteiger partial charge in [-0.3, -0.25) is 14.4 Å². The fraction of sp³-hybridized carbons (Fsp3) is 0.600. The Bertz CT molecular complexity index is 745. The van der Waals surface area contributed by atoms with Gasteiger partial charge in [-0.05, 0) is 37.4 Å². The van der Waals surface area contributed by atoms with Crippen molar-refractivity contribution in [1.82, 2.24) is 24.6 Å². The van der Waals surface area contributed by atoms with E-state index >= 15 is 0 Å².